The molecule has 0 saturated heterocycles. The molecule has 8 nitrogen and oxygen atoms in total. The number of sulfonamides is 1. The van der Waals surface area contributed by atoms with Gasteiger partial charge in [0.1, 0.15) is 18.3 Å². The van der Waals surface area contributed by atoms with Crippen molar-refractivity contribution in [2.24, 2.45) is 0 Å². The van der Waals surface area contributed by atoms with Crippen molar-refractivity contribution in [1.29, 1.82) is 0 Å². The lowest BCUT2D eigenvalue weighted by molar-refractivity contribution is -0.140. The number of hydrogen-bond donors (Lipinski definition) is 1. The number of carbonyl (C=O) groups excluding carboxylic acids is 2. The normalized spacial score (nSPS) is 12.7. The molecule has 0 aliphatic carbocycles. The van der Waals surface area contributed by atoms with Gasteiger partial charge in [0.15, 0.2) is 0 Å². The predicted molar refractivity (Wildman–Crippen MR) is 159 cm³/mol. The van der Waals surface area contributed by atoms with Gasteiger partial charge in [0.05, 0.1) is 24.6 Å². The smallest absolute Gasteiger partial charge is 0.416 e. The number of halogens is 3. The zero-order valence-electron chi connectivity index (χ0n) is 24.7. The van der Waals surface area contributed by atoms with Gasteiger partial charge in [-0.1, -0.05) is 48.5 Å². The molecule has 2 amide bonds. The standard InChI is InChI=1S/C31H36F3N3O5S/c1-30(2,3)35-29(39)27(18-22-11-7-6-8-12-22)36(20-23-13-9-16-26(17-23)42-4)28(38)21-37(43(5,40)41)25-15-10-14-24(19-25)31(32,33)34/h6-17,19,27H,18,20-21H2,1-5H3,(H,35,39). The van der Waals surface area contributed by atoms with Crippen LogP contribution in [-0.2, 0) is 38.8 Å². The number of carbonyl (C=O) groups is 2. The highest BCUT2D eigenvalue weighted by Gasteiger charge is 2.35. The van der Waals surface area contributed by atoms with Gasteiger partial charge in [-0.15, -0.1) is 0 Å². The molecule has 0 spiro atoms. The Balaban J connectivity index is 2.11. The molecule has 232 valence electrons. The minimum absolute atomic E-state index is 0.0981. The summed E-state index contributed by atoms with van der Waals surface area (Å²) in [5.74, 6) is -0.751. The fourth-order valence-corrected chi connectivity index (χ4v) is 5.27. The van der Waals surface area contributed by atoms with Crippen molar-refractivity contribution in [3.8, 4) is 5.75 Å². The van der Waals surface area contributed by atoms with Crippen molar-refractivity contribution in [2.75, 3.05) is 24.2 Å². The van der Waals surface area contributed by atoms with E-state index in [-0.39, 0.29) is 18.7 Å². The molecule has 0 bridgehead atoms. The van der Waals surface area contributed by atoms with E-state index in [1.54, 1.807) is 69.3 Å². The first-order valence-electron chi connectivity index (χ1n) is 13.4. The third-order valence-electron chi connectivity index (χ3n) is 6.40. The van der Waals surface area contributed by atoms with Gasteiger partial charge >= 0.3 is 6.18 Å². The topological polar surface area (TPSA) is 96.0 Å². The van der Waals surface area contributed by atoms with Gasteiger partial charge in [-0.2, -0.15) is 13.2 Å². The molecule has 1 unspecified atom stereocenters. The first kappa shape index (κ1) is 33.4. The molecule has 0 radical (unpaired) electrons. The lowest BCUT2D eigenvalue weighted by Gasteiger charge is -2.35. The van der Waals surface area contributed by atoms with E-state index in [0.29, 0.717) is 21.7 Å². The second-order valence-corrected chi connectivity index (χ2v) is 13.0. The van der Waals surface area contributed by atoms with Crippen molar-refractivity contribution in [3.05, 3.63) is 95.6 Å². The van der Waals surface area contributed by atoms with Crippen LogP contribution in [0.3, 0.4) is 0 Å². The van der Waals surface area contributed by atoms with E-state index in [1.807, 2.05) is 6.07 Å². The van der Waals surface area contributed by atoms with Gasteiger partial charge in [0.25, 0.3) is 0 Å². The van der Waals surface area contributed by atoms with E-state index in [4.69, 9.17) is 4.74 Å². The largest absolute Gasteiger partial charge is 0.497 e. The summed E-state index contributed by atoms with van der Waals surface area (Å²) in [6.45, 7) is 4.43. The maximum atomic E-state index is 14.1. The molecule has 0 aromatic heterocycles. The van der Waals surface area contributed by atoms with Crippen molar-refractivity contribution in [1.82, 2.24) is 10.2 Å². The van der Waals surface area contributed by atoms with Crippen LogP contribution in [0.5, 0.6) is 5.75 Å². The quantitative estimate of drug-likeness (QED) is 0.325. The van der Waals surface area contributed by atoms with Crippen molar-refractivity contribution < 1.29 is 35.9 Å². The Morgan fingerprint density at radius 3 is 2.12 bits per heavy atom. The second-order valence-electron chi connectivity index (χ2n) is 11.1. The Morgan fingerprint density at radius 2 is 1.53 bits per heavy atom. The number of rotatable bonds is 11. The SMILES string of the molecule is COc1cccc(CN(C(=O)CN(c2cccc(C(F)(F)F)c2)S(C)(=O)=O)C(Cc2ccccc2)C(=O)NC(C)(C)C)c1. The Hall–Kier alpha value is -4.06. The number of nitrogens with one attached hydrogen (secondary N) is 1. The van der Waals surface area contributed by atoms with Crippen molar-refractivity contribution in [2.45, 2.75) is 51.5 Å². The number of anilines is 1. The summed E-state index contributed by atoms with van der Waals surface area (Å²) in [5.41, 5.74) is -0.707. The fourth-order valence-electron chi connectivity index (χ4n) is 4.43. The van der Waals surface area contributed by atoms with Crippen LogP contribution in [0.4, 0.5) is 18.9 Å². The minimum atomic E-state index is -4.73. The van der Waals surface area contributed by atoms with Crippen molar-refractivity contribution in [3.63, 3.8) is 0 Å². The number of nitrogens with zero attached hydrogens (tertiary/aromatic N) is 2. The first-order valence-corrected chi connectivity index (χ1v) is 15.3. The molecule has 0 fully saturated rings. The van der Waals surface area contributed by atoms with E-state index < -0.39 is 51.7 Å². The first-order chi connectivity index (χ1) is 20.0. The Kier molecular flexibility index (Phi) is 10.5. The number of benzene rings is 3. The van der Waals surface area contributed by atoms with E-state index in [9.17, 15) is 31.2 Å². The molecule has 0 heterocycles. The fraction of sp³-hybridized carbons (Fsp3) is 0.355. The van der Waals surface area contributed by atoms with Crippen LogP contribution in [0, 0.1) is 0 Å². The van der Waals surface area contributed by atoms with Crippen LogP contribution in [0.2, 0.25) is 0 Å². The third kappa shape index (κ3) is 9.74. The highest BCUT2D eigenvalue weighted by atomic mass is 32.2. The van der Waals surface area contributed by atoms with Gasteiger partial charge in [-0.05, 0) is 62.2 Å². The predicted octanol–water partition coefficient (Wildman–Crippen LogP) is 5.03. The molecule has 3 rings (SSSR count). The molecule has 1 N–H and O–H groups in total. The summed E-state index contributed by atoms with van der Waals surface area (Å²) in [7, 11) is -2.75. The maximum Gasteiger partial charge on any atom is 0.416 e. The number of hydrogen-bond acceptors (Lipinski definition) is 5. The summed E-state index contributed by atoms with van der Waals surface area (Å²) < 4.78 is 72.0. The highest BCUT2D eigenvalue weighted by Crippen LogP contribution is 2.32. The summed E-state index contributed by atoms with van der Waals surface area (Å²) in [6, 6.07) is 18.5. The number of amides is 2. The average molecular weight is 620 g/mol. The van der Waals surface area contributed by atoms with Gasteiger partial charge in [0, 0.05) is 18.5 Å². The highest BCUT2D eigenvalue weighted by molar-refractivity contribution is 7.92. The molecule has 43 heavy (non-hydrogen) atoms. The molecule has 0 aliphatic heterocycles. The summed E-state index contributed by atoms with van der Waals surface area (Å²) in [6.07, 6.45) is -3.82. The van der Waals surface area contributed by atoms with Crippen LogP contribution in [-0.4, -0.2) is 56.6 Å². The van der Waals surface area contributed by atoms with Gasteiger partial charge in [-0.25, -0.2) is 8.42 Å². The molecule has 0 aliphatic rings. The van der Waals surface area contributed by atoms with Crippen molar-refractivity contribution >= 4 is 27.5 Å². The van der Waals surface area contributed by atoms with Crippen LogP contribution in [0.15, 0.2) is 78.9 Å². The molecule has 3 aromatic carbocycles. The molecule has 1 atom stereocenters. The second kappa shape index (κ2) is 13.5. The van der Waals surface area contributed by atoms with E-state index >= 15 is 0 Å². The Morgan fingerprint density at radius 1 is 0.907 bits per heavy atom. The molecule has 0 saturated carbocycles. The lowest BCUT2D eigenvalue weighted by Crippen LogP contribution is -2.56. The lowest BCUT2D eigenvalue weighted by atomic mass is 10.0. The Bertz CT molecular complexity index is 1520. The van der Waals surface area contributed by atoms with Gasteiger partial charge in [-0.3, -0.25) is 13.9 Å². The third-order valence-corrected chi connectivity index (χ3v) is 7.54. The summed E-state index contributed by atoms with van der Waals surface area (Å²) in [4.78, 5) is 29.1. The molecule has 3 aromatic rings. The number of methoxy groups -OCH3 is 1. The monoisotopic (exact) mass is 619 g/mol. The van der Waals surface area contributed by atoms with E-state index in [0.717, 1.165) is 24.0 Å². The number of ether oxygens (including phenoxy) is 1. The number of alkyl halides is 3. The van der Waals surface area contributed by atoms with Gasteiger partial charge < -0.3 is 15.0 Å². The van der Waals surface area contributed by atoms with E-state index in [2.05, 4.69) is 5.32 Å². The molecular weight excluding hydrogens is 583 g/mol. The average Bonchev–Trinajstić information content (AvgIpc) is 2.92. The minimum Gasteiger partial charge on any atom is -0.497 e. The maximum absolute atomic E-state index is 14.1. The molecular formula is C31H36F3N3O5S. The van der Waals surface area contributed by atoms with Crippen LogP contribution in [0.25, 0.3) is 0 Å². The zero-order valence-corrected chi connectivity index (χ0v) is 25.5. The Labute approximate surface area is 250 Å². The van der Waals surface area contributed by atoms with Crippen LogP contribution < -0.4 is 14.4 Å². The van der Waals surface area contributed by atoms with Gasteiger partial charge in [0.2, 0.25) is 21.8 Å². The summed E-state index contributed by atoms with van der Waals surface area (Å²) in [5, 5.41) is 2.91. The van der Waals surface area contributed by atoms with Crippen LogP contribution in [0.1, 0.15) is 37.5 Å². The van der Waals surface area contributed by atoms with E-state index in [1.165, 1.54) is 18.1 Å². The zero-order chi connectivity index (χ0) is 32.0. The summed E-state index contributed by atoms with van der Waals surface area (Å²) >= 11 is 0. The molecule has 12 heteroatoms. The van der Waals surface area contributed by atoms with Crippen LogP contribution >= 0.6 is 0 Å².